The third kappa shape index (κ3) is 3.65. The highest BCUT2D eigenvalue weighted by atomic mass is 16.5. The molecule has 1 aromatic carbocycles. The van der Waals surface area contributed by atoms with E-state index in [4.69, 9.17) is 9.47 Å². The van der Waals surface area contributed by atoms with E-state index < -0.39 is 6.10 Å². The van der Waals surface area contributed by atoms with Gasteiger partial charge in [-0.3, -0.25) is 4.79 Å². The quantitative estimate of drug-likeness (QED) is 0.849. The van der Waals surface area contributed by atoms with Gasteiger partial charge in [0.1, 0.15) is 11.5 Å². The van der Waals surface area contributed by atoms with Gasteiger partial charge in [0.2, 0.25) is 0 Å². The van der Waals surface area contributed by atoms with Crippen molar-refractivity contribution in [1.29, 1.82) is 0 Å². The summed E-state index contributed by atoms with van der Waals surface area (Å²) in [7, 11) is 1.62. The van der Waals surface area contributed by atoms with Crippen molar-refractivity contribution in [2.75, 3.05) is 20.2 Å². The molecule has 1 amide bonds. The van der Waals surface area contributed by atoms with Crippen molar-refractivity contribution in [3.63, 3.8) is 0 Å². The second-order valence-electron chi connectivity index (χ2n) is 5.47. The van der Waals surface area contributed by atoms with E-state index in [1.165, 1.54) is 6.42 Å². The van der Waals surface area contributed by atoms with Crippen molar-refractivity contribution in [3.8, 4) is 11.5 Å². The molecular formula is C16H23NO3. The number of amides is 1. The molecule has 0 spiro atoms. The monoisotopic (exact) mass is 277 g/mol. The Balaban J connectivity index is 1.92. The maximum atomic E-state index is 12.3. The van der Waals surface area contributed by atoms with Gasteiger partial charge in [-0.25, -0.2) is 0 Å². The van der Waals surface area contributed by atoms with Crippen LogP contribution in [0.2, 0.25) is 0 Å². The second kappa shape index (κ2) is 6.64. The minimum absolute atomic E-state index is 0.0763. The molecule has 1 aliphatic rings. The smallest absolute Gasteiger partial charge is 0.263 e. The molecular weight excluding hydrogens is 254 g/mol. The lowest BCUT2D eigenvalue weighted by atomic mass is 10.00. The molecule has 2 atom stereocenters. The largest absolute Gasteiger partial charge is 0.497 e. The highest BCUT2D eigenvalue weighted by Crippen LogP contribution is 2.20. The molecule has 0 saturated carbocycles. The number of nitrogens with zero attached hydrogens (tertiary/aromatic N) is 1. The van der Waals surface area contributed by atoms with E-state index in [2.05, 4.69) is 6.92 Å². The zero-order valence-electron chi connectivity index (χ0n) is 12.5. The van der Waals surface area contributed by atoms with Crippen LogP contribution in [0.3, 0.4) is 0 Å². The van der Waals surface area contributed by atoms with Gasteiger partial charge >= 0.3 is 0 Å². The van der Waals surface area contributed by atoms with Crippen LogP contribution in [-0.2, 0) is 4.79 Å². The van der Waals surface area contributed by atoms with Crippen LogP contribution in [-0.4, -0.2) is 37.1 Å². The van der Waals surface area contributed by atoms with Crippen molar-refractivity contribution in [2.45, 2.75) is 32.8 Å². The summed E-state index contributed by atoms with van der Waals surface area (Å²) in [5.74, 6) is 2.13. The number of hydrogen-bond donors (Lipinski definition) is 0. The molecule has 1 aliphatic heterocycles. The van der Waals surface area contributed by atoms with Crippen LogP contribution in [0.5, 0.6) is 11.5 Å². The predicted molar refractivity (Wildman–Crippen MR) is 78.1 cm³/mol. The number of rotatable bonds is 4. The molecule has 1 aromatic rings. The molecule has 20 heavy (non-hydrogen) atoms. The summed E-state index contributed by atoms with van der Waals surface area (Å²) >= 11 is 0. The first-order valence-corrected chi connectivity index (χ1v) is 7.19. The number of carbonyl (C=O) groups is 1. The van der Waals surface area contributed by atoms with Gasteiger partial charge in [-0.1, -0.05) is 6.92 Å². The fourth-order valence-electron chi connectivity index (χ4n) is 2.56. The van der Waals surface area contributed by atoms with E-state index in [0.29, 0.717) is 11.7 Å². The number of methoxy groups -OCH3 is 1. The Morgan fingerprint density at radius 1 is 1.30 bits per heavy atom. The van der Waals surface area contributed by atoms with Gasteiger partial charge in [0.25, 0.3) is 5.91 Å². The topological polar surface area (TPSA) is 38.8 Å². The summed E-state index contributed by atoms with van der Waals surface area (Å²) in [6, 6.07) is 7.30. The molecule has 1 saturated heterocycles. The lowest BCUT2D eigenvalue weighted by Gasteiger charge is -2.32. The van der Waals surface area contributed by atoms with Gasteiger partial charge < -0.3 is 14.4 Å². The van der Waals surface area contributed by atoms with Gasteiger partial charge in [-0.05, 0) is 49.9 Å². The number of benzene rings is 1. The number of ether oxygens (including phenoxy) is 2. The highest BCUT2D eigenvalue weighted by molar-refractivity contribution is 5.81. The Morgan fingerprint density at radius 2 is 1.95 bits per heavy atom. The lowest BCUT2D eigenvalue weighted by Crippen LogP contribution is -2.45. The molecule has 1 heterocycles. The molecule has 0 aliphatic carbocycles. The van der Waals surface area contributed by atoms with Crippen LogP contribution in [0.4, 0.5) is 0 Å². The van der Waals surface area contributed by atoms with Gasteiger partial charge in [0.05, 0.1) is 7.11 Å². The van der Waals surface area contributed by atoms with Gasteiger partial charge in [0.15, 0.2) is 6.10 Å². The molecule has 2 unspecified atom stereocenters. The maximum Gasteiger partial charge on any atom is 0.263 e. The number of hydrogen-bond acceptors (Lipinski definition) is 3. The summed E-state index contributed by atoms with van der Waals surface area (Å²) in [5, 5.41) is 0. The van der Waals surface area contributed by atoms with Crippen LogP contribution in [0.25, 0.3) is 0 Å². The van der Waals surface area contributed by atoms with Crippen LogP contribution >= 0.6 is 0 Å². The van der Waals surface area contributed by atoms with E-state index in [0.717, 1.165) is 25.3 Å². The SMILES string of the molecule is COc1ccc(OC(C)C(=O)N2CCCC(C)C2)cc1. The maximum absolute atomic E-state index is 12.3. The summed E-state index contributed by atoms with van der Waals surface area (Å²) in [6.07, 6.45) is 1.84. The lowest BCUT2D eigenvalue weighted by molar-refractivity contribution is -0.139. The Hall–Kier alpha value is -1.71. The second-order valence-corrected chi connectivity index (χ2v) is 5.47. The number of carbonyl (C=O) groups excluding carboxylic acids is 1. The number of likely N-dealkylation sites (tertiary alicyclic amines) is 1. The van der Waals surface area contributed by atoms with Crippen molar-refractivity contribution in [1.82, 2.24) is 4.90 Å². The first kappa shape index (κ1) is 14.7. The first-order chi connectivity index (χ1) is 9.60. The van der Waals surface area contributed by atoms with Gasteiger partial charge in [-0.15, -0.1) is 0 Å². The fourth-order valence-corrected chi connectivity index (χ4v) is 2.56. The third-order valence-electron chi connectivity index (χ3n) is 3.69. The summed E-state index contributed by atoms with van der Waals surface area (Å²) in [4.78, 5) is 14.3. The minimum atomic E-state index is -0.450. The van der Waals surface area contributed by atoms with E-state index in [1.54, 1.807) is 7.11 Å². The normalized spacial score (nSPS) is 20.4. The highest BCUT2D eigenvalue weighted by Gasteiger charge is 2.25. The van der Waals surface area contributed by atoms with E-state index in [-0.39, 0.29) is 5.91 Å². The minimum Gasteiger partial charge on any atom is -0.497 e. The molecule has 1 fully saturated rings. The Morgan fingerprint density at radius 3 is 2.55 bits per heavy atom. The van der Waals surface area contributed by atoms with Crippen LogP contribution < -0.4 is 9.47 Å². The van der Waals surface area contributed by atoms with E-state index in [9.17, 15) is 4.79 Å². The fraction of sp³-hybridized carbons (Fsp3) is 0.562. The van der Waals surface area contributed by atoms with Crippen LogP contribution in [0.1, 0.15) is 26.7 Å². The third-order valence-corrected chi connectivity index (χ3v) is 3.69. The Labute approximate surface area is 120 Å². The van der Waals surface area contributed by atoms with E-state index >= 15 is 0 Å². The average molecular weight is 277 g/mol. The molecule has 0 bridgehead atoms. The Bertz CT molecular complexity index is 444. The molecule has 0 aromatic heterocycles. The molecule has 4 nitrogen and oxygen atoms in total. The standard InChI is InChI=1S/C16H23NO3/c1-12-5-4-10-17(11-12)16(18)13(2)20-15-8-6-14(19-3)7-9-15/h6-9,12-13H,4-5,10-11H2,1-3H3. The summed E-state index contributed by atoms with van der Waals surface area (Å²) in [5.41, 5.74) is 0. The van der Waals surface area contributed by atoms with Crippen molar-refractivity contribution >= 4 is 5.91 Å². The summed E-state index contributed by atoms with van der Waals surface area (Å²) in [6.45, 7) is 5.69. The molecule has 110 valence electrons. The van der Waals surface area contributed by atoms with Crippen LogP contribution in [0, 0.1) is 5.92 Å². The van der Waals surface area contributed by atoms with Crippen LogP contribution in [0.15, 0.2) is 24.3 Å². The average Bonchev–Trinajstić information content (AvgIpc) is 2.47. The van der Waals surface area contributed by atoms with E-state index in [1.807, 2.05) is 36.1 Å². The van der Waals surface area contributed by atoms with Crippen molar-refractivity contribution in [2.24, 2.45) is 5.92 Å². The zero-order valence-corrected chi connectivity index (χ0v) is 12.5. The number of piperidine rings is 1. The predicted octanol–water partition coefficient (Wildman–Crippen LogP) is 2.72. The molecule has 0 N–H and O–H groups in total. The van der Waals surface area contributed by atoms with Gasteiger partial charge in [-0.2, -0.15) is 0 Å². The molecule has 0 radical (unpaired) electrons. The van der Waals surface area contributed by atoms with Gasteiger partial charge in [0, 0.05) is 13.1 Å². The van der Waals surface area contributed by atoms with Crippen molar-refractivity contribution < 1.29 is 14.3 Å². The zero-order chi connectivity index (χ0) is 14.5. The molecule has 2 rings (SSSR count). The Kier molecular flexibility index (Phi) is 4.88. The summed E-state index contributed by atoms with van der Waals surface area (Å²) < 4.78 is 10.8. The first-order valence-electron chi connectivity index (χ1n) is 7.19. The molecule has 4 heteroatoms. The van der Waals surface area contributed by atoms with Crippen molar-refractivity contribution in [3.05, 3.63) is 24.3 Å².